The standard InChI is InChI=1S/C10H10BrNO2/c1-13-8-4-2-3-7(9(8)11)10-12-5-6-14-10/h2-4H,5-6H2,1H3. The first-order valence-electron chi connectivity index (χ1n) is 4.33. The Hall–Kier alpha value is -1.03. The molecule has 0 bridgehead atoms. The molecule has 74 valence electrons. The zero-order valence-corrected chi connectivity index (χ0v) is 9.37. The molecule has 1 heterocycles. The van der Waals surface area contributed by atoms with E-state index in [1.165, 1.54) is 0 Å². The lowest BCUT2D eigenvalue weighted by Gasteiger charge is -2.08. The Kier molecular flexibility index (Phi) is 2.72. The van der Waals surface area contributed by atoms with Gasteiger partial charge in [0.2, 0.25) is 5.90 Å². The number of rotatable bonds is 2. The van der Waals surface area contributed by atoms with Gasteiger partial charge in [0, 0.05) is 0 Å². The van der Waals surface area contributed by atoms with Crippen LogP contribution in [-0.2, 0) is 4.74 Å². The molecule has 1 aromatic rings. The normalized spacial score (nSPS) is 14.9. The summed E-state index contributed by atoms with van der Waals surface area (Å²) in [6.45, 7) is 1.40. The van der Waals surface area contributed by atoms with Gasteiger partial charge in [-0.15, -0.1) is 0 Å². The van der Waals surface area contributed by atoms with Crippen LogP contribution >= 0.6 is 15.9 Å². The summed E-state index contributed by atoms with van der Waals surface area (Å²) < 4.78 is 11.5. The van der Waals surface area contributed by atoms with Crippen molar-refractivity contribution < 1.29 is 9.47 Å². The summed E-state index contributed by atoms with van der Waals surface area (Å²) in [4.78, 5) is 4.25. The maximum absolute atomic E-state index is 5.38. The van der Waals surface area contributed by atoms with Crippen molar-refractivity contribution in [2.45, 2.75) is 0 Å². The first-order chi connectivity index (χ1) is 6.83. The molecule has 2 rings (SSSR count). The van der Waals surface area contributed by atoms with Crippen molar-refractivity contribution in [2.75, 3.05) is 20.3 Å². The van der Waals surface area contributed by atoms with Crippen molar-refractivity contribution in [1.29, 1.82) is 0 Å². The summed E-state index contributed by atoms with van der Waals surface area (Å²) in [5, 5.41) is 0. The third-order valence-electron chi connectivity index (χ3n) is 2.00. The van der Waals surface area contributed by atoms with Crippen molar-refractivity contribution in [2.24, 2.45) is 4.99 Å². The molecule has 0 aliphatic carbocycles. The van der Waals surface area contributed by atoms with E-state index in [-0.39, 0.29) is 0 Å². The van der Waals surface area contributed by atoms with E-state index in [0.29, 0.717) is 12.5 Å². The van der Waals surface area contributed by atoms with E-state index in [9.17, 15) is 0 Å². The van der Waals surface area contributed by atoms with Crippen LogP contribution in [0.5, 0.6) is 5.75 Å². The molecule has 1 aromatic carbocycles. The molecule has 1 aliphatic rings. The Labute approximate surface area is 90.9 Å². The molecule has 0 amide bonds. The molecule has 0 saturated carbocycles. The molecule has 3 nitrogen and oxygen atoms in total. The van der Waals surface area contributed by atoms with Crippen LogP contribution in [0.2, 0.25) is 0 Å². The summed E-state index contributed by atoms with van der Waals surface area (Å²) in [5.41, 5.74) is 0.946. The maximum atomic E-state index is 5.38. The van der Waals surface area contributed by atoms with Gasteiger partial charge in [-0.3, -0.25) is 0 Å². The van der Waals surface area contributed by atoms with Crippen LogP contribution in [0.1, 0.15) is 5.56 Å². The number of ether oxygens (including phenoxy) is 2. The van der Waals surface area contributed by atoms with Gasteiger partial charge in [-0.2, -0.15) is 0 Å². The smallest absolute Gasteiger partial charge is 0.217 e. The lowest BCUT2D eigenvalue weighted by Crippen LogP contribution is -2.02. The zero-order valence-electron chi connectivity index (χ0n) is 7.79. The van der Waals surface area contributed by atoms with Crippen LogP contribution in [0, 0.1) is 0 Å². The van der Waals surface area contributed by atoms with Crippen molar-refractivity contribution >= 4 is 21.8 Å². The molecule has 14 heavy (non-hydrogen) atoms. The van der Waals surface area contributed by atoms with Gasteiger partial charge in [0.05, 0.1) is 23.7 Å². The number of aliphatic imine (C=N–C) groups is 1. The SMILES string of the molecule is COc1cccc(C2=NCCO2)c1Br. The number of hydrogen-bond acceptors (Lipinski definition) is 3. The average Bonchev–Trinajstić information content (AvgIpc) is 2.71. The fraction of sp³-hybridized carbons (Fsp3) is 0.300. The van der Waals surface area contributed by atoms with Crippen LogP contribution in [0.25, 0.3) is 0 Å². The number of benzene rings is 1. The topological polar surface area (TPSA) is 30.8 Å². The highest BCUT2D eigenvalue weighted by atomic mass is 79.9. The maximum Gasteiger partial charge on any atom is 0.217 e. The predicted octanol–water partition coefficient (Wildman–Crippen LogP) is 2.23. The molecule has 1 aliphatic heterocycles. The van der Waals surface area contributed by atoms with E-state index in [1.807, 2.05) is 18.2 Å². The van der Waals surface area contributed by atoms with Gasteiger partial charge in [-0.1, -0.05) is 6.07 Å². The Bertz CT molecular complexity index is 376. The van der Waals surface area contributed by atoms with E-state index in [4.69, 9.17) is 9.47 Å². The van der Waals surface area contributed by atoms with E-state index in [2.05, 4.69) is 20.9 Å². The highest BCUT2D eigenvalue weighted by molar-refractivity contribution is 9.10. The van der Waals surface area contributed by atoms with E-state index in [1.54, 1.807) is 7.11 Å². The first kappa shape index (κ1) is 9.52. The molecular formula is C10H10BrNO2. The summed E-state index contributed by atoms with van der Waals surface area (Å²) >= 11 is 3.47. The van der Waals surface area contributed by atoms with Crippen molar-refractivity contribution in [3.8, 4) is 5.75 Å². The number of hydrogen-bond donors (Lipinski definition) is 0. The highest BCUT2D eigenvalue weighted by Gasteiger charge is 2.15. The van der Waals surface area contributed by atoms with Gasteiger partial charge in [0.25, 0.3) is 0 Å². The Morgan fingerprint density at radius 2 is 2.36 bits per heavy atom. The summed E-state index contributed by atoms with van der Waals surface area (Å²) in [6.07, 6.45) is 0. The minimum atomic E-state index is 0.666. The third-order valence-corrected chi connectivity index (χ3v) is 2.82. The second-order valence-electron chi connectivity index (χ2n) is 2.86. The van der Waals surface area contributed by atoms with Crippen LogP contribution in [-0.4, -0.2) is 26.2 Å². The van der Waals surface area contributed by atoms with Crippen LogP contribution in [0.3, 0.4) is 0 Å². The van der Waals surface area contributed by atoms with Gasteiger partial charge < -0.3 is 9.47 Å². The lowest BCUT2D eigenvalue weighted by molar-refractivity contribution is 0.348. The Morgan fingerprint density at radius 3 is 3.00 bits per heavy atom. The molecule has 0 fully saturated rings. The Morgan fingerprint density at radius 1 is 1.50 bits per heavy atom. The van der Waals surface area contributed by atoms with Gasteiger partial charge in [-0.25, -0.2) is 4.99 Å². The molecule has 0 radical (unpaired) electrons. The predicted molar refractivity (Wildman–Crippen MR) is 58.1 cm³/mol. The van der Waals surface area contributed by atoms with E-state index in [0.717, 1.165) is 22.3 Å². The van der Waals surface area contributed by atoms with Gasteiger partial charge >= 0.3 is 0 Å². The van der Waals surface area contributed by atoms with Gasteiger partial charge in [0.15, 0.2) is 0 Å². The second-order valence-corrected chi connectivity index (χ2v) is 3.65. The molecule has 0 saturated heterocycles. The quantitative estimate of drug-likeness (QED) is 0.812. The van der Waals surface area contributed by atoms with Crippen LogP contribution in [0.4, 0.5) is 0 Å². The number of methoxy groups -OCH3 is 1. The first-order valence-corrected chi connectivity index (χ1v) is 5.12. The fourth-order valence-corrected chi connectivity index (χ4v) is 1.93. The average molecular weight is 256 g/mol. The largest absolute Gasteiger partial charge is 0.496 e. The Balaban J connectivity index is 2.42. The molecule has 0 N–H and O–H groups in total. The molecule has 0 atom stereocenters. The molecule has 0 aromatic heterocycles. The molecule has 0 spiro atoms. The number of nitrogens with zero attached hydrogens (tertiary/aromatic N) is 1. The zero-order chi connectivity index (χ0) is 9.97. The summed E-state index contributed by atoms with van der Waals surface area (Å²) in [7, 11) is 1.64. The van der Waals surface area contributed by atoms with Crippen molar-refractivity contribution in [3.63, 3.8) is 0 Å². The highest BCUT2D eigenvalue weighted by Crippen LogP contribution is 2.29. The molecular weight excluding hydrogens is 246 g/mol. The molecule has 0 unspecified atom stereocenters. The van der Waals surface area contributed by atoms with Crippen molar-refractivity contribution in [1.82, 2.24) is 0 Å². The minimum absolute atomic E-state index is 0.666. The van der Waals surface area contributed by atoms with Crippen LogP contribution in [0.15, 0.2) is 27.7 Å². The van der Waals surface area contributed by atoms with E-state index < -0.39 is 0 Å². The van der Waals surface area contributed by atoms with E-state index >= 15 is 0 Å². The minimum Gasteiger partial charge on any atom is -0.496 e. The number of halogens is 1. The van der Waals surface area contributed by atoms with Crippen LogP contribution < -0.4 is 4.74 Å². The second kappa shape index (κ2) is 4.00. The summed E-state index contributed by atoms with van der Waals surface area (Å²) in [5.74, 6) is 1.48. The fourth-order valence-electron chi connectivity index (χ4n) is 1.33. The van der Waals surface area contributed by atoms with Gasteiger partial charge in [-0.05, 0) is 28.1 Å². The van der Waals surface area contributed by atoms with Gasteiger partial charge in [0.1, 0.15) is 12.4 Å². The monoisotopic (exact) mass is 255 g/mol. The lowest BCUT2D eigenvalue weighted by atomic mass is 10.2. The van der Waals surface area contributed by atoms with Crippen molar-refractivity contribution in [3.05, 3.63) is 28.2 Å². The third kappa shape index (κ3) is 1.62. The molecule has 4 heteroatoms. The summed E-state index contributed by atoms with van der Waals surface area (Å²) in [6, 6.07) is 5.77.